The Hall–Kier alpha value is -7.24. The number of hydrogen-bond donors (Lipinski definition) is 1. The van der Waals surface area contributed by atoms with Crippen molar-refractivity contribution in [3.63, 3.8) is 0 Å². The number of aromatic nitrogens is 4. The highest BCUT2D eigenvalue weighted by atomic mass is 14.9. The molecule has 5 heteroatoms. The molecule has 1 unspecified atom stereocenters. The largest absolute Gasteiger partial charge is 0.379 e. The molecule has 0 saturated heterocycles. The maximum absolute atomic E-state index is 5.14. The zero-order valence-electron chi connectivity index (χ0n) is 29.4. The summed E-state index contributed by atoms with van der Waals surface area (Å²) in [5.74, 6) is 0.701. The van der Waals surface area contributed by atoms with Crippen molar-refractivity contribution in [2.75, 3.05) is 0 Å². The molecule has 0 amide bonds. The van der Waals surface area contributed by atoms with E-state index in [0.29, 0.717) is 5.82 Å². The van der Waals surface area contributed by atoms with Crippen LogP contribution in [0.15, 0.2) is 200 Å². The second-order valence-corrected chi connectivity index (χ2v) is 13.2. The molecule has 1 aliphatic rings. The third-order valence-electron chi connectivity index (χ3n) is 9.64. The number of rotatable bonds is 8. The molecule has 256 valence electrons. The zero-order valence-corrected chi connectivity index (χ0v) is 29.4. The summed E-state index contributed by atoms with van der Waals surface area (Å²) >= 11 is 0. The summed E-state index contributed by atoms with van der Waals surface area (Å²) in [5, 5.41) is 3.45. The van der Waals surface area contributed by atoms with Gasteiger partial charge in [-0.1, -0.05) is 158 Å². The molecule has 1 atom stereocenters. The van der Waals surface area contributed by atoms with Crippen molar-refractivity contribution in [2.45, 2.75) is 6.04 Å². The lowest BCUT2D eigenvalue weighted by molar-refractivity contribution is 0.722. The number of dihydropyridines is 1. The van der Waals surface area contributed by atoms with Crippen LogP contribution in [0.2, 0.25) is 0 Å². The molecular formula is C49H35N5. The molecule has 4 heterocycles. The average molecular weight is 694 g/mol. The van der Waals surface area contributed by atoms with Crippen LogP contribution in [0.3, 0.4) is 0 Å². The maximum Gasteiger partial charge on any atom is 0.160 e. The summed E-state index contributed by atoms with van der Waals surface area (Å²) in [5.41, 5.74) is 14.1. The summed E-state index contributed by atoms with van der Waals surface area (Å²) in [6.45, 7) is 0. The highest BCUT2D eigenvalue weighted by Crippen LogP contribution is 2.36. The van der Waals surface area contributed by atoms with E-state index >= 15 is 0 Å². The lowest BCUT2D eigenvalue weighted by Crippen LogP contribution is -2.16. The van der Waals surface area contributed by atoms with Crippen LogP contribution in [0.25, 0.3) is 78.7 Å². The van der Waals surface area contributed by atoms with E-state index in [-0.39, 0.29) is 6.04 Å². The molecule has 1 N–H and O–H groups in total. The van der Waals surface area contributed by atoms with Crippen molar-refractivity contribution in [1.29, 1.82) is 0 Å². The first-order valence-electron chi connectivity index (χ1n) is 18.1. The molecular weight excluding hydrogens is 659 g/mol. The van der Waals surface area contributed by atoms with Crippen LogP contribution in [0, 0.1) is 0 Å². The van der Waals surface area contributed by atoms with Crippen LogP contribution in [0.1, 0.15) is 11.7 Å². The van der Waals surface area contributed by atoms with E-state index in [1.807, 2.05) is 67.0 Å². The Bertz CT molecular complexity index is 2540. The molecule has 9 rings (SSSR count). The molecule has 8 aromatic rings. The number of benzene rings is 5. The smallest absolute Gasteiger partial charge is 0.160 e. The minimum absolute atomic E-state index is 0.0437. The summed E-state index contributed by atoms with van der Waals surface area (Å²) in [6.07, 6.45) is 10.1. The standard InChI is InChI=1S/C49H35N5/c1-4-14-35(15-5-1)41-20-10-11-21-42(41)40-30-47(43-22-12-13-29-50-43)52-48(31-40)44-28-27-39(33-51-44)34-23-25-37(26-24-34)46-32-45(36-16-6-2-7-17-36)53-49(54-46)38-18-8-3-9-19-38/h1-33,43,50H. The molecule has 0 radical (unpaired) electrons. The predicted octanol–water partition coefficient (Wildman–Crippen LogP) is 11.6. The molecule has 0 fully saturated rings. The van der Waals surface area contributed by atoms with Gasteiger partial charge in [-0.25, -0.2) is 15.0 Å². The zero-order chi connectivity index (χ0) is 36.1. The molecule has 3 aromatic heterocycles. The highest BCUT2D eigenvalue weighted by Gasteiger charge is 2.17. The number of pyridine rings is 2. The topological polar surface area (TPSA) is 63.6 Å². The van der Waals surface area contributed by atoms with E-state index in [9.17, 15) is 0 Å². The Balaban J connectivity index is 1.04. The Morgan fingerprint density at radius 3 is 1.59 bits per heavy atom. The predicted molar refractivity (Wildman–Crippen MR) is 220 cm³/mol. The normalized spacial score (nSPS) is 13.4. The molecule has 0 bridgehead atoms. The fourth-order valence-corrected chi connectivity index (χ4v) is 6.85. The van der Waals surface area contributed by atoms with Crippen molar-refractivity contribution in [3.8, 4) is 78.7 Å². The molecule has 5 aromatic carbocycles. The summed E-state index contributed by atoms with van der Waals surface area (Å²) in [4.78, 5) is 20.0. The molecule has 0 spiro atoms. The number of allylic oxidation sites excluding steroid dienone is 2. The van der Waals surface area contributed by atoms with Crippen LogP contribution in [-0.2, 0) is 0 Å². The van der Waals surface area contributed by atoms with Gasteiger partial charge >= 0.3 is 0 Å². The van der Waals surface area contributed by atoms with E-state index in [0.717, 1.165) is 67.4 Å². The molecule has 0 aliphatic carbocycles. The number of hydrogen-bond acceptors (Lipinski definition) is 5. The second kappa shape index (κ2) is 14.8. The second-order valence-electron chi connectivity index (χ2n) is 13.2. The van der Waals surface area contributed by atoms with Gasteiger partial charge in [0.2, 0.25) is 0 Å². The first-order chi connectivity index (χ1) is 26.7. The van der Waals surface area contributed by atoms with E-state index in [4.69, 9.17) is 19.9 Å². The molecule has 5 nitrogen and oxygen atoms in total. The van der Waals surface area contributed by atoms with Gasteiger partial charge in [-0.3, -0.25) is 4.98 Å². The molecule has 54 heavy (non-hydrogen) atoms. The van der Waals surface area contributed by atoms with Crippen LogP contribution in [-0.4, -0.2) is 19.9 Å². The molecule has 0 saturated carbocycles. The van der Waals surface area contributed by atoms with Gasteiger partial charge in [0.15, 0.2) is 5.82 Å². The van der Waals surface area contributed by atoms with E-state index in [2.05, 4.69) is 139 Å². The van der Waals surface area contributed by atoms with Crippen molar-refractivity contribution in [3.05, 3.63) is 206 Å². The average Bonchev–Trinajstić information content (AvgIpc) is 3.27. The van der Waals surface area contributed by atoms with Crippen LogP contribution >= 0.6 is 0 Å². The minimum Gasteiger partial charge on any atom is -0.379 e. The maximum atomic E-state index is 5.14. The Morgan fingerprint density at radius 1 is 0.389 bits per heavy atom. The number of nitrogens with zero attached hydrogens (tertiary/aromatic N) is 4. The van der Waals surface area contributed by atoms with Gasteiger partial charge in [0.05, 0.1) is 34.5 Å². The van der Waals surface area contributed by atoms with Crippen LogP contribution in [0.5, 0.6) is 0 Å². The first kappa shape index (κ1) is 32.7. The fourth-order valence-electron chi connectivity index (χ4n) is 6.85. The van der Waals surface area contributed by atoms with Gasteiger partial charge < -0.3 is 5.32 Å². The van der Waals surface area contributed by atoms with Crippen molar-refractivity contribution >= 4 is 0 Å². The first-order valence-corrected chi connectivity index (χ1v) is 18.1. The van der Waals surface area contributed by atoms with Gasteiger partial charge in [-0.15, -0.1) is 0 Å². The minimum atomic E-state index is -0.0437. The van der Waals surface area contributed by atoms with Crippen molar-refractivity contribution in [1.82, 2.24) is 25.3 Å². The quantitative estimate of drug-likeness (QED) is 0.172. The SMILES string of the molecule is C1=CNC(c2cc(-c3ccccc3-c3ccccc3)cc(-c3ccc(-c4ccc(-c5cc(-c6ccccc6)nc(-c6ccccc6)n5)cc4)cn3)n2)C=C1. The van der Waals surface area contributed by atoms with Crippen LogP contribution < -0.4 is 5.32 Å². The van der Waals surface area contributed by atoms with Crippen molar-refractivity contribution in [2.24, 2.45) is 0 Å². The lowest BCUT2D eigenvalue weighted by atomic mass is 9.93. The fraction of sp³-hybridized carbons (Fsp3) is 0.0204. The van der Waals surface area contributed by atoms with E-state index < -0.39 is 0 Å². The van der Waals surface area contributed by atoms with E-state index in [1.165, 1.54) is 11.1 Å². The van der Waals surface area contributed by atoms with Gasteiger partial charge in [-0.05, 0) is 64.4 Å². The third kappa shape index (κ3) is 6.86. The van der Waals surface area contributed by atoms with Gasteiger partial charge in [0.1, 0.15) is 0 Å². The van der Waals surface area contributed by atoms with Crippen molar-refractivity contribution < 1.29 is 0 Å². The van der Waals surface area contributed by atoms with Crippen LogP contribution in [0.4, 0.5) is 0 Å². The van der Waals surface area contributed by atoms with Gasteiger partial charge in [0, 0.05) is 28.5 Å². The summed E-state index contributed by atoms with van der Waals surface area (Å²) in [6, 6.07) is 58.5. The number of nitrogens with one attached hydrogen (secondary N) is 1. The van der Waals surface area contributed by atoms with Gasteiger partial charge in [-0.2, -0.15) is 0 Å². The monoisotopic (exact) mass is 693 g/mol. The Morgan fingerprint density at radius 2 is 0.963 bits per heavy atom. The Labute approximate surface area is 315 Å². The summed E-state index contributed by atoms with van der Waals surface area (Å²) < 4.78 is 0. The van der Waals surface area contributed by atoms with E-state index in [1.54, 1.807) is 0 Å². The Kier molecular flexibility index (Phi) is 8.94. The lowest BCUT2D eigenvalue weighted by Gasteiger charge is -2.19. The summed E-state index contributed by atoms with van der Waals surface area (Å²) in [7, 11) is 0. The third-order valence-corrected chi connectivity index (χ3v) is 9.64. The highest BCUT2D eigenvalue weighted by molar-refractivity contribution is 5.85. The molecule has 1 aliphatic heterocycles. The van der Waals surface area contributed by atoms with Gasteiger partial charge in [0.25, 0.3) is 0 Å².